The molecule has 1 aliphatic heterocycles. The van der Waals surface area contributed by atoms with Crippen LogP contribution in [0.15, 0.2) is 24.3 Å². The van der Waals surface area contributed by atoms with E-state index >= 15 is 0 Å². The minimum atomic E-state index is -4.82. The van der Waals surface area contributed by atoms with Crippen molar-refractivity contribution in [3.8, 4) is 5.75 Å². The van der Waals surface area contributed by atoms with Crippen molar-refractivity contribution >= 4 is 5.78 Å². The minimum Gasteiger partial charge on any atom is -0.405 e. The van der Waals surface area contributed by atoms with Gasteiger partial charge in [-0.05, 0) is 12.1 Å². The van der Waals surface area contributed by atoms with Crippen LogP contribution in [-0.2, 0) is 4.74 Å². The van der Waals surface area contributed by atoms with Crippen molar-refractivity contribution in [1.29, 1.82) is 0 Å². The Kier molecular flexibility index (Phi) is 4.61. The average Bonchev–Trinajstić information content (AvgIpc) is 2.38. The molecule has 110 valence electrons. The molecular formula is C13H14F3NO3. The lowest BCUT2D eigenvalue weighted by molar-refractivity contribution is -0.274. The van der Waals surface area contributed by atoms with Gasteiger partial charge in [0.2, 0.25) is 0 Å². The minimum absolute atomic E-state index is 0.0677. The van der Waals surface area contributed by atoms with Crippen LogP contribution in [0.4, 0.5) is 13.2 Å². The summed E-state index contributed by atoms with van der Waals surface area (Å²) in [5.74, 6) is -0.880. The Bertz CT molecular complexity index is 470. The summed E-state index contributed by atoms with van der Waals surface area (Å²) in [4.78, 5) is 12.1. The molecule has 1 aromatic rings. The highest BCUT2D eigenvalue weighted by Gasteiger charge is 2.33. The van der Waals surface area contributed by atoms with Crippen LogP contribution in [0, 0.1) is 0 Å². The first kappa shape index (κ1) is 14.8. The van der Waals surface area contributed by atoms with Crippen LogP contribution < -0.4 is 10.1 Å². The van der Waals surface area contributed by atoms with Crippen molar-refractivity contribution in [1.82, 2.24) is 5.32 Å². The van der Waals surface area contributed by atoms with Crippen LogP contribution in [0.3, 0.4) is 0 Å². The molecule has 1 aliphatic rings. The summed E-state index contributed by atoms with van der Waals surface area (Å²) in [5, 5.41) is 3.08. The molecule has 1 heterocycles. The van der Waals surface area contributed by atoms with Gasteiger partial charge in [-0.2, -0.15) is 0 Å². The number of halogens is 3. The highest BCUT2D eigenvalue weighted by Crippen LogP contribution is 2.27. The fourth-order valence-corrected chi connectivity index (χ4v) is 2.00. The van der Waals surface area contributed by atoms with Crippen molar-refractivity contribution in [3.63, 3.8) is 0 Å². The van der Waals surface area contributed by atoms with Crippen molar-refractivity contribution in [2.24, 2.45) is 0 Å². The number of morpholine rings is 1. The van der Waals surface area contributed by atoms with Crippen LogP contribution in [0.1, 0.15) is 16.8 Å². The topological polar surface area (TPSA) is 47.6 Å². The molecule has 1 saturated heterocycles. The van der Waals surface area contributed by atoms with Crippen LogP contribution >= 0.6 is 0 Å². The summed E-state index contributed by atoms with van der Waals surface area (Å²) in [5.41, 5.74) is -0.0720. The molecule has 1 aromatic carbocycles. The van der Waals surface area contributed by atoms with Gasteiger partial charge in [-0.1, -0.05) is 12.1 Å². The zero-order chi connectivity index (χ0) is 14.6. The number of benzene rings is 1. The predicted molar refractivity (Wildman–Crippen MR) is 64.7 cm³/mol. The number of hydrogen-bond donors (Lipinski definition) is 1. The maximum Gasteiger partial charge on any atom is 0.573 e. The number of alkyl halides is 3. The van der Waals surface area contributed by atoms with E-state index in [-0.39, 0.29) is 18.0 Å². The number of Topliss-reactive ketones (excluding diaryl/α,β-unsaturated/α-hetero) is 1. The first-order valence-corrected chi connectivity index (χ1v) is 6.15. The largest absolute Gasteiger partial charge is 0.573 e. The SMILES string of the molecule is O=C(CC1COCCN1)c1ccccc1OC(F)(F)F. The van der Waals surface area contributed by atoms with Gasteiger partial charge in [0.1, 0.15) is 5.75 Å². The van der Waals surface area contributed by atoms with Crippen LogP contribution in [0.5, 0.6) is 5.75 Å². The maximum absolute atomic E-state index is 12.3. The Balaban J connectivity index is 2.08. The van der Waals surface area contributed by atoms with Crippen molar-refractivity contribution in [2.75, 3.05) is 19.8 Å². The number of ether oxygens (including phenoxy) is 2. The molecule has 1 fully saturated rings. The van der Waals surface area contributed by atoms with E-state index in [4.69, 9.17) is 4.74 Å². The summed E-state index contributed by atoms with van der Waals surface area (Å²) >= 11 is 0. The van der Waals surface area contributed by atoms with Gasteiger partial charge in [0.05, 0.1) is 18.8 Å². The van der Waals surface area contributed by atoms with E-state index in [0.29, 0.717) is 19.8 Å². The third kappa shape index (κ3) is 4.21. The molecule has 0 amide bonds. The number of carbonyl (C=O) groups excluding carboxylic acids is 1. The zero-order valence-electron chi connectivity index (χ0n) is 10.6. The molecule has 7 heteroatoms. The van der Waals surface area contributed by atoms with Crippen LogP contribution in [0.2, 0.25) is 0 Å². The van der Waals surface area contributed by atoms with E-state index < -0.39 is 17.9 Å². The highest BCUT2D eigenvalue weighted by atomic mass is 19.4. The Morgan fingerprint density at radius 2 is 2.15 bits per heavy atom. The number of rotatable bonds is 4. The summed E-state index contributed by atoms with van der Waals surface area (Å²) < 4.78 is 45.9. The summed E-state index contributed by atoms with van der Waals surface area (Å²) in [7, 11) is 0. The molecule has 0 saturated carbocycles. The number of nitrogens with one attached hydrogen (secondary N) is 1. The van der Waals surface area contributed by atoms with Gasteiger partial charge in [0.15, 0.2) is 5.78 Å². The van der Waals surface area contributed by atoms with E-state index in [0.717, 1.165) is 6.07 Å². The van der Waals surface area contributed by atoms with Gasteiger partial charge in [0, 0.05) is 19.0 Å². The third-order valence-corrected chi connectivity index (χ3v) is 2.84. The fourth-order valence-electron chi connectivity index (χ4n) is 2.00. The fraction of sp³-hybridized carbons (Fsp3) is 0.462. The van der Waals surface area contributed by atoms with Gasteiger partial charge in [-0.3, -0.25) is 4.79 Å². The number of hydrogen-bond acceptors (Lipinski definition) is 4. The quantitative estimate of drug-likeness (QED) is 0.863. The molecular weight excluding hydrogens is 275 g/mol. The standard InChI is InChI=1S/C13H14F3NO3/c14-13(15,16)20-12-4-2-1-3-10(12)11(18)7-9-8-19-6-5-17-9/h1-4,9,17H,5-8H2. The lowest BCUT2D eigenvalue weighted by Crippen LogP contribution is -2.42. The smallest absolute Gasteiger partial charge is 0.405 e. The second-order valence-corrected chi connectivity index (χ2v) is 4.40. The number of para-hydroxylation sites is 1. The number of carbonyl (C=O) groups is 1. The molecule has 0 aromatic heterocycles. The van der Waals surface area contributed by atoms with Crippen LogP contribution in [0.25, 0.3) is 0 Å². The zero-order valence-corrected chi connectivity index (χ0v) is 10.6. The maximum atomic E-state index is 12.3. The Labute approximate surface area is 113 Å². The Morgan fingerprint density at radius 3 is 2.80 bits per heavy atom. The molecule has 4 nitrogen and oxygen atoms in total. The Morgan fingerprint density at radius 1 is 1.40 bits per heavy atom. The first-order valence-electron chi connectivity index (χ1n) is 6.15. The molecule has 0 aliphatic carbocycles. The van der Waals surface area contributed by atoms with Gasteiger partial charge in [-0.25, -0.2) is 0 Å². The lowest BCUT2D eigenvalue weighted by atomic mass is 10.0. The molecule has 2 rings (SSSR count). The van der Waals surface area contributed by atoms with E-state index in [1.807, 2.05) is 0 Å². The normalized spacial score (nSPS) is 19.6. The third-order valence-electron chi connectivity index (χ3n) is 2.84. The molecule has 0 bridgehead atoms. The second kappa shape index (κ2) is 6.23. The van der Waals surface area contributed by atoms with Crippen molar-refractivity contribution in [3.05, 3.63) is 29.8 Å². The summed E-state index contributed by atoms with van der Waals surface area (Å²) in [6.07, 6.45) is -4.75. The molecule has 1 atom stereocenters. The first-order chi connectivity index (χ1) is 9.46. The molecule has 20 heavy (non-hydrogen) atoms. The summed E-state index contributed by atoms with van der Waals surface area (Å²) in [6, 6.07) is 5.16. The van der Waals surface area contributed by atoms with Crippen molar-refractivity contribution < 1.29 is 27.4 Å². The van der Waals surface area contributed by atoms with E-state index in [1.165, 1.54) is 18.2 Å². The highest BCUT2D eigenvalue weighted by molar-refractivity contribution is 5.99. The monoisotopic (exact) mass is 289 g/mol. The van der Waals surface area contributed by atoms with E-state index in [1.54, 1.807) is 0 Å². The average molecular weight is 289 g/mol. The van der Waals surface area contributed by atoms with Gasteiger partial charge < -0.3 is 14.8 Å². The van der Waals surface area contributed by atoms with E-state index in [9.17, 15) is 18.0 Å². The van der Waals surface area contributed by atoms with Crippen molar-refractivity contribution in [2.45, 2.75) is 18.8 Å². The number of ketones is 1. The Hall–Kier alpha value is -1.60. The van der Waals surface area contributed by atoms with E-state index in [2.05, 4.69) is 10.1 Å². The lowest BCUT2D eigenvalue weighted by Gasteiger charge is -2.23. The molecule has 0 spiro atoms. The van der Waals surface area contributed by atoms with Gasteiger partial charge in [0.25, 0.3) is 0 Å². The molecule has 1 N–H and O–H groups in total. The second-order valence-electron chi connectivity index (χ2n) is 4.40. The summed E-state index contributed by atoms with van der Waals surface area (Å²) in [6.45, 7) is 1.56. The molecule has 1 unspecified atom stereocenters. The molecule has 0 radical (unpaired) electrons. The van der Waals surface area contributed by atoms with Gasteiger partial charge in [-0.15, -0.1) is 13.2 Å². The van der Waals surface area contributed by atoms with Gasteiger partial charge >= 0.3 is 6.36 Å². The van der Waals surface area contributed by atoms with Crippen LogP contribution in [-0.4, -0.2) is 37.9 Å². The predicted octanol–water partition coefficient (Wildman–Crippen LogP) is 2.15.